The van der Waals surface area contributed by atoms with Gasteiger partial charge in [-0.25, -0.2) is 0 Å². The van der Waals surface area contributed by atoms with Crippen LogP contribution in [0, 0.1) is 6.92 Å². The van der Waals surface area contributed by atoms with Gasteiger partial charge in [-0.15, -0.1) is 0 Å². The zero-order valence-electron chi connectivity index (χ0n) is 14.4. The van der Waals surface area contributed by atoms with Crippen LogP contribution in [0.2, 0.25) is 5.02 Å². The first-order valence-corrected chi connectivity index (χ1v) is 8.65. The number of ether oxygens (including phenoxy) is 1. The minimum Gasteiger partial charge on any atom is -0.504 e. The molecule has 0 atom stereocenters. The highest BCUT2D eigenvalue weighted by molar-refractivity contribution is 7.80. The molecule has 27 heavy (non-hydrogen) atoms. The van der Waals surface area contributed by atoms with Gasteiger partial charge in [-0.05, 0) is 60.6 Å². The summed E-state index contributed by atoms with van der Waals surface area (Å²) in [4.78, 5) is 26.6. The fourth-order valence-corrected chi connectivity index (χ4v) is 3.11. The van der Waals surface area contributed by atoms with Gasteiger partial charge in [-0.2, -0.15) is 0 Å². The molecule has 1 saturated heterocycles. The van der Waals surface area contributed by atoms with Crippen molar-refractivity contribution in [3.8, 4) is 11.5 Å². The van der Waals surface area contributed by atoms with Crippen LogP contribution >= 0.6 is 23.8 Å². The average Bonchev–Trinajstić information content (AvgIpc) is 2.63. The summed E-state index contributed by atoms with van der Waals surface area (Å²) in [6.45, 7) is 1.76. The quantitative estimate of drug-likeness (QED) is 0.468. The highest BCUT2D eigenvalue weighted by Crippen LogP contribution is 2.31. The van der Waals surface area contributed by atoms with E-state index in [0.29, 0.717) is 21.8 Å². The van der Waals surface area contributed by atoms with Crippen LogP contribution in [0.15, 0.2) is 42.0 Å². The first kappa shape index (κ1) is 18.9. The Labute approximate surface area is 166 Å². The van der Waals surface area contributed by atoms with E-state index in [1.807, 2.05) is 0 Å². The monoisotopic (exact) mass is 402 g/mol. The van der Waals surface area contributed by atoms with E-state index in [-0.39, 0.29) is 22.2 Å². The molecule has 0 aliphatic carbocycles. The highest BCUT2D eigenvalue weighted by Gasteiger charge is 2.35. The molecular formula is C19H15ClN2O4S. The van der Waals surface area contributed by atoms with E-state index in [0.717, 1.165) is 0 Å². The Morgan fingerprint density at radius 1 is 1.26 bits per heavy atom. The lowest BCUT2D eigenvalue weighted by molar-refractivity contribution is -0.122. The van der Waals surface area contributed by atoms with Crippen molar-refractivity contribution >= 4 is 52.5 Å². The summed E-state index contributed by atoms with van der Waals surface area (Å²) < 4.78 is 5.05. The summed E-state index contributed by atoms with van der Waals surface area (Å²) in [5.41, 5.74) is 1.57. The number of amides is 2. The first-order valence-electron chi connectivity index (χ1n) is 7.87. The van der Waals surface area contributed by atoms with Crippen LogP contribution in [0.1, 0.15) is 11.1 Å². The van der Waals surface area contributed by atoms with Gasteiger partial charge in [0.1, 0.15) is 5.57 Å². The van der Waals surface area contributed by atoms with Gasteiger partial charge >= 0.3 is 0 Å². The Bertz CT molecular complexity index is 1000. The lowest BCUT2D eigenvalue weighted by Crippen LogP contribution is -2.54. The molecule has 8 heteroatoms. The molecule has 2 aromatic rings. The normalized spacial score (nSPS) is 15.9. The Kier molecular flexibility index (Phi) is 5.16. The largest absolute Gasteiger partial charge is 0.504 e. The second-order valence-corrected chi connectivity index (χ2v) is 6.57. The van der Waals surface area contributed by atoms with Crippen molar-refractivity contribution < 1.29 is 19.4 Å². The third-order valence-electron chi connectivity index (χ3n) is 4.10. The second kappa shape index (κ2) is 7.38. The van der Waals surface area contributed by atoms with E-state index in [1.165, 1.54) is 30.2 Å². The van der Waals surface area contributed by atoms with Crippen LogP contribution in [0.4, 0.5) is 5.69 Å². The van der Waals surface area contributed by atoms with Gasteiger partial charge in [-0.3, -0.25) is 19.8 Å². The Morgan fingerprint density at radius 2 is 2.00 bits per heavy atom. The smallest absolute Gasteiger partial charge is 0.270 e. The maximum absolute atomic E-state index is 13.0. The van der Waals surface area contributed by atoms with Gasteiger partial charge in [0.2, 0.25) is 0 Å². The topological polar surface area (TPSA) is 78.9 Å². The SMILES string of the molecule is COc1cc(C=C2C(=O)NC(=S)N(c3cccc(Cl)c3C)C2=O)ccc1O. The van der Waals surface area contributed by atoms with Crippen molar-refractivity contribution in [1.82, 2.24) is 5.32 Å². The molecule has 2 amide bonds. The maximum Gasteiger partial charge on any atom is 0.270 e. The summed E-state index contributed by atoms with van der Waals surface area (Å²) in [6.07, 6.45) is 1.41. The number of aromatic hydroxyl groups is 1. The van der Waals surface area contributed by atoms with Crippen molar-refractivity contribution in [1.29, 1.82) is 0 Å². The van der Waals surface area contributed by atoms with E-state index in [1.54, 1.807) is 31.2 Å². The van der Waals surface area contributed by atoms with E-state index in [2.05, 4.69) is 5.32 Å². The van der Waals surface area contributed by atoms with Crippen LogP contribution in [0.25, 0.3) is 6.08 Å². The number of hydrogen-bond donors (Lipinski definition) is 2. The number of rotatable bonds is 3. The van der Waals surface area contributed by atoms with E-state index in [4.69, 9.17) is 28.6 Å². The van der Waals surface area contributed by atoms with Crippen molar-refractivity contribution in [2.75, 3.05) is 12.0 Å². The summed E-state index contributed by atoms with van der Waals surface area (Å²) in [5.74, 6) is -0.989. The molecule has 0 bridgehead atoms. The molecule has 1 aliphatic heterocycles. The highest BCUT2D eigenvalue weighted by atomic mass is 35.5. The lowest BCUT2D eigenvalue weighted by Gasteiger charge is -2.30. The Morgan fingerprint density at radius 3 is 2.70 bits per heavy atom. The molecule has 0 radical (unpaired) electrons. The maximum atomic E-state index is 13.0. The molecule has 2 aromatic carbocycles. The number of methoxy groups -OCH3 is 1. The van der Waals surface area contributed by atoms with Crippen LogP contribution in [-0.2, 0) is 9.59 Å². The number of carbonyl (C=O) groups excluding carboxylic acids is 2. The summed E-state index contributed by atoms with van der Waals surface area (Å²) in [5, 5.41) is 12.7. The summed E-state index contributed by atoms with van der Waals surface area (Å²) in [6, 6.07) is 9.60. The molecular weight excluding hydrogens is 388 g/mol. The van der Waals surface area contributed by atoms with Crippen LogP contribution in [0.5, 0.6) is 11.5 Å². The third kappa shape index (κ3) is 3.51. The number of carbonyl (C=O) groups is 2. The summed E-state index contributed by atoms with van der Waals surface area (Å²) >= 11 is 11.3. The number of hydrogen-bond acceptors (Lipinski definition) is 5. The molecule has 2 N–H and O–H groups in total. The molecule has 138 valence electrons. The minimum atomic E-state index is -0.604. The zero-order valence-corrected chi connectivity index (χ0v) is 16.0. The van der Waals surface area contributed by atoms with Gasteiger partial charge in [0, 0.05) is 5.02 Å². The fraction of sp³-hybridized carbons (Fsp3) is 0.105. The van der Waals surface area contributed by atoms with Crippen molar-refractivity contribution in [2.45, 2.75) is 6.92 Å². The zero-order chi connectivity index (χ0) is 19.7. The van der Waals surface area contributed by atoms with E-state index >= 15 is 0 Å². The molecule has 0 unspecified atom stereocenters. The summed E-state index contributed by atoms with van der Waals surface area (Å²) in [7, 11) is 1.41. The molecule has 1 fully saturated rings. The van der Waals surface area contributed by atoms with Gasteiger partial charge < -0.3 is 9.84 Å². The lowest BCUT2D eigenvalue weighted by atomic mass is 10.1. The number of phenols is 1. The van der Waals surface area contributed by atoms with Crippen LogP contribution in [0.3, 0.4) is 0 Å². The predicted molar refractivity (Wildman–Crippen MR) is 107 cm³/mol. The van der Waals surface area contributed by atoms with Gasteiger partial charge in [0.15, 0.2) is 16.6 Å². The average molecular weight is 403 g/mol. The van der Waals surface area contributed by atoms with Gasteiger partial charge in [0.05, 0.1) is 12.8 Å². The molecule has 0 aromatic heterocycles. The molecule has 0 saturated carbocycles. The first-order chi connectivity index (χ1) is 12.8. The standard InChI is InChI=1S/C19H15ClN2O4S/c1-10-13(20)4-3-5-14(10)22-18(25)12(17(24)21-19(22)27)8-11-6-7-15(23)16(9-11)26-2/h3-9,23H,1-2H3,(H,21,24,27). The van der Waals surface area contributed by atoms with Gasteiger partial charge in [-0.1, -0.05) is 23.7 Å². The number of halogens is 1. The second-order valence-electron chi connectivity index (χ2n) is 5.77. The van der Waals surface area contributed by atoms with Crippen molar-refractivity contribution in [2.24, 2.45) is 0 Å². The van der Waals surface area contributed by atoms with Crippen molar-refractivity contribution in [3.05, 3.63) is 58.1 Å². The fourth-order valence-electron chi connectivity index (χ4n) is 2.67. The van der Waals surface area contributed by atoms with Crippen molar-refractivity contribution in [3.63, 3.8) is 0 Å². The minimum absolute atomic E-state index is 0.0178. The molecule has 1 aliphatic rings. The van der Waals surface area contributed by atoms with Crippen LogP contribution in [-0.4, -0.2) is 29.1 Å². The molecule has 6 nitrogen and oxygen atoms in total. The van der Waals surface area contributed by atoms with E-state index < -0.39 is 11.8 Å². The predicted octanol–water partition coefficient (Wildman–Crippen LogP) is 3.19. The van der Waals surface area contributed by atoms with Gasteiger partial charge in [0.25, 0.3) is 11.8 Å². The molecule has 3 rings (SSSR count). The molecule has 0 spiro atoms. The number of thiocarbonyl (C=S) groups is 1. The number of phenolic OH excluding ortho intramolecular Hbond substituents is 1. The number of benzene rings is 2. The number of nitrogens with one attached hydrogen (secondary N) is 1. The van der Waals surface area contributed by atoms with Crippen LogP contribution < -0.4 is 15.0 Å². The molecule has 1 heterocycles. The van der Waals surface area contributed by atoms with E-state index in [9.17, 15) is 14.7 Å². The number of nitrogens with zero attached hydrogens (tertiary/aromatic N) is 1. The Balaban J connectivity index is 2.06. The number of anilines is 1. The Hall–Kier alpha value is -2.90. The third-order valence-corrected chi connectivity index (χ3v) is 4.79.